The number of guanidine groups is 1. The molecule has 30 heavy (non-hydrogen) atoms. The highest BCUT2D eigenvalue weighted by atomic mass is 127. The summed E-state index contributed by atoms with van der Waals surface area (Å²) in [5, 5.41) is 6.93. The van der Waals surface area contributed by atoms with Crippen molar-refractivity contribution in [1.82, 2.24) is 20.4 Å². The number of aliphatic imine (C=N–C) groups is 1. The van der Waals surface area contributed by atoms with Gasteiger partial charge in [0.15, 0.2) is 5.96 Å². The first-order valence-corrected chi connectivity index (χ1v) is 11.2. The number of halogens is 1. The van der Waals surface area contributed by atoms with Crippen LogP contribution in [0, 0.1) is 6.92 Å². The number of ether oxygens (including phenoxy) is 1. The van der Waals surface area contributed by atoms with Crippen molar-refractivity contribution < 1.29 is 4.74 Å². The first-order chi connectivity index (χ1) is 14.0. The van der Waals surface area contributed by atoms with Gasteiger partial charge in [-0.2, -0.15) is 0 Å². The SMILES string of the molecule is CCNC(=NCc1ccc(C)cc1OC1CCCC1)NCC1CN(C)CCN1C.I. The predicted molar refractivity (Wildman–Crippen MR) is 136 cm³/mol. The van der Waals surface area contributed by atoms with E-state index in [1.165, 1.54) is 31.2 Å². The van der Waals surface area contributed by atoms with E-state index in [2.05, 4.69) is 66.6 Å². The molecular formula is C23H40IN5O. The summed E-state index contributed by atoms with van der Waals surface area (Å²) in [5.74, 6) is 1.88. The normalized spacial score (nSPS) is 21.3. The molecule has 170 valence electrons. The zero-order valence-electron chi connectivity index (χ0n) is 19.1. The van der Waals surface area contributed by atoms with Crippen molar-refractivity contribution in [3.63, 3.8) is 0 Å². The van der Waals surface area contributed by atoms with Gasteiger partial charge in [0.2, 0.25) is 0 Å². The quantitative estimate of drug-likeness (QED) is 0.323. The van der Waals surface area contributed by atoms with Crippen molar-refractivity contribution in [3.8, 4) is 5.75 Å². The van der Waals surface area contributed by atoms with Gasteiger partial charge in [0.25, 0.3) is 0 Å². The summed E-state index contributed by atoms with van der Waals surface area (Å²) in [4.78, 5) is 9.69. The summed E-state index contributed by atoms with van der Waals surface area (Å²) < 4.78 is 6.34. The first kappa shape index (κ1) is 25.2. The minimum Gasteiger partial charge on any atom is -0.490 e. The molecule has 3 rings (SSSR count). The van der Waals surface area contributed by atoms with Crippen LogP contribution < -0.4 is 15.4 Å². The number of benzene rings is 1. The van der Waals surface area contributed by atoms with Gasteiger partial charge in [0.1, 0.15) is 5.75 Å². The van der Waals surface area contributed by atoms with Crippen LogP contribution in [0.3, 0.4) is 0 Å². The second kappa shape index (κ2) is 12.7. The third-order valence-corrected chi connectivity index (χ3v) is 6.06. The number of hydrogen-bond acceptors (Lipinski definition) is 4. The number of rotatable bonds is 7. The van der Waals surface area contributed by atoms with Gasteiger partial charge in [-0.05, 0) is 65.3 Å². The maximum atomic E-state index is 6.34. The molecule has 1 aromatic carbocycles. The van der Waals surface area contributed by atoms with Crippen molar-refractivity contribution in [2.75, 3.05) is 46.8 Å². The maximum absolute atomic E-state index is 6.34. The van der Waals surface area contributed by atoms with Crippen LogP contribution in [0.5, 0.6) is 5.75 Å². The second-order valence-corrected chi connectivity index (χ2v) is 8.61. The number of nitrogens with one attached hydrogen (secondary N) is 2. The number of piperazine rings is 1. The third kappa shape index (κ3) is 7.57. The number of nitrogens with zero attached hydrogens (tertiary/aromatic N) is 3. The lowest BCUT2D eigenvalue weighted by atomic mass is 10.1. The molecule has 1 aliphatic carbocycles. The van der Waals surface area contributed by atoms with Crippen LogP contribution in [0.2, 0.25) is 0 Å². The van der Waals surface area contributed by atoms with Gasteiger partial charge >= 0.3 is 0 Å². The van der Waals surface area contributed by atoms with Gasteiger partial charge < -0.3 is 20.3 Å². The van der Waals surface area contributed by atoms with E-state index in [0.717, 1.165) is 50.0 Å². The summed E-state index contributed by atoms with van der Waals surface area (Å²) >= 11 is 0. The fourth-order valence-corrected chi connectivity index (χ4v) is 4.13. The second-order valence-electron chi connectivity index (χ2n) is 8.61. The largest absolute Gasteiger partial charge is 0.490 e. The van der Waals surface area contributed by atoms with E-state index in [9.17, 15) is 0 Å². The molecular weight excluding hydrogens is 489 g/mol. The molecule has 0 amide bonds. The molecule has 1 saturated carbocycles. The number of hydrogen-bond donors (Lipinski definition) is 2. The van der Waals surface area contributed by atoms with E-state index in [4.69, 9.17) is 9.73 Å². The summed E-state index contributed by atoms with van der Waals surface area (Å²) in [5.41, 5.74) is 2.40. The van der Waals surface area contributed by atoms with Crippen LogP contribution >= 0.6 is 24.0 Å². The predicted octanol–water partition coefficient (Wildman–Crippen LogP) is 3.24. The average molecular weight is 530 g/mol. The van der Waals surface area contributed by atoms with Gasteiger partial charge in [-0.25, -0.2) is 4.99 Å². The van der Waals surface area contributed by atoms with E-state index >= 15 is 0 Å². The molecule has 1 heterocycles. The molecule has 1 saturated heterocycles. The van der Waals surface area contributed by atoms with Crippen LogP contribution in [0.25, 0.3) is 0 Å². The van der Waals surface area contributed by atoms with Gasteiger partial charge in [-0.15, -0.1) is 24.0 Å². The standard InChI is InChI=1S/C23H39N5O.HI/c1-5-24-23(26-16-20-17-27(3)12-13-28(20)4)25-15-19-11-10-18(2)14-22(19)29-21-8-6-7-9-21;/h10-11,14,20-21H,5-9,12-13,15-17H2,1-4H3,(H2,24,25,26);1H. The Kier molecular flexibility index (Phi) is 10.7. The Morgan fingerprint density at radius 1 is 1.17 bits per heavy atom. The highest BCUT2D eigenvalue weighted by Crippen LogP contribution is 2.28. The number of likely N-dealkylation sites (N-methyl/N-ethyl adjacent to an activating group) is 2. The van der Waals surface area contributed by atoms with Crippen molar-refractivity contribution in [1.29, 1.82) is 0 Å². The third-order valence-electron chi connectivity index (χ3n) is 6.06. The van der Waals surface area contributed by atoms with Crippen molar-refractivity contribution in [3.05, 3.63) is 29.3 Å². The van der Waals surface area contributed by atoms with Crippen LogP contribution in [0.1, 0.15) is 43.7 Å². The van der Waals surface area contributed by atoms with E-state index in [1.807, 2.05) is 0 Å². The molecule has 2 fully saturated rings. The fourth-order valence-electron chi connectivity index (χ4n) is 4.13. The molecule has 1 atom stereocenters. The molecule has 2 aliphatic rings. The molecule has 7 heteroatoms. The molecule has 0 aromatic heterocycles. The van der Waals surface area contributed by atoms with Crippen LogP contribution in [0.4, 0.5) is 0 Å². The van der Waals surface area contributed by atoms with Crippen LogP contribution in [0.15, 0.2) is 23.2 Å². The molecule has 1 aliphatic heterocycles. The van der Waals surface area contributed by atoms with Crippen molar-refractivity contribution in [2.24, 2.45) is 4.99 Å². The lowest BCUT2D eigenvalue weighted by Crippen LogP contribution is -2.55. The Balaban J connectivity index is 0.00000320. The lowest BCUT2D eigenvalue weighted by Gasteiger charge is -2.37. The maximum Gasteiger partial charge on any atom is 0.191 e. The Morgan fingerprint density at radius 3 is 2.67 bits per heavy atom. The van der Waals surface area contributed by atoms with Crippen LogP contribution in [-0.2, 0) is 6.54 Å². The van der Waals surface area contributed by atoms with E-state index in [1.54, 1.807) is 0 Å². The molecule has 0 radical (unpaired) electrons. The van der Waals surface area contributed by atoms with E-state index in [-0.39, 0.29) is 24.0 Å². The van der Waals surface area contributed by atoms with Crippen molar-refractivity contribution >= 4 is 29.9 Å². The fraction of sp³-hybridized carbons (Fsp3) is 0.696. The summed E-state index contributed by atoms with van der Waals surface area (Å²) in [6.45, 7) is 9.94. The van der Waals surface area contributed by atoms with Gasteiger partial charge in [-0.1, -0.05) is 12.1 Å². The zero-order valence-corrected chi connectivity index (χ0v) is 21.4. The summed E-state index contributed by atoms with van der Waals surface area (Å²) in [6, 6.07) is 6.98. The molecule has 1 unspecified atom stereocenters. The monoisotopic (exact) mass is 529 g/mol. The van der Waals surface area contributed by atoms with Crippen molar-refractivity contribution in [2.45, 2.75) is 58.2 Å². The molecule has 0 spiro atoms. The smallest absolute Gasteiger partial charge is 0.191 e. The Hall–Kier alpha value is -1.06. The minimum absolute atomic E-state index is 0. The number of aryl methyl sites for hydroxylation is 1. The van der Waals surface area contributed by atoms with E-state index in [0.29, 0.717) is 18.7 Å². The average Bonchev–Trinajstić information content (AvgIpc) is 3.20. The Bertz CT molecular complexity index is 678. The molecule has 2 N–H and O–H groups in total. The molecule has 6 nitrogen and oxygen atoms in total. The molecule has 1 aromatic rings. The van der Waals surface area contributed by atoms with Gasteiger partial charge in [0.05, 0.1) is 12.6 Å². The Labute approximate surface area is 199 Å². The lowest BCUT2D eigenvalue weighted by molar-refractivity contribution is 0.116. The summed E-state index contributed by atoms with van der Waals surface area (Å²) in [7, 11) is 4.41. The van der Waals surface area contributed by atoms with Crippen LogP contribution in [-0.4, -0.2) is 74.7 Å². The highest BCUT2D eigenvalue weighted by molar-refractivity contribution is 14.0. The molecule has 0 bridgehead atoms. The van der Waals surface area contributed by atoms with E-state index < -0.39 is 0 Å². The summed E-state index contributed by atoms with van der Waals surface area (Å²) in [6.07, 6.45) is 5.27. The Morgan fingerprint density at radius 2 is 1.93 bits per heavy atom. The zero-order chi connectivity index (χ0) is 20.6. The van der Waals surface area contributed by atoms with Gasteiger partial charge in [-0.3, -0.25) is 4.90 Å². The van der Waals surface area contributed by atoms with Gasteiger partial charge in [0, 0.05) is 44.3 Å². The highest BCUT2D eigenvalue weighted by Gasteiger charge is 2.22. The topological polar surface area (TPSA) is 52.1 Å². The minimum atomic E-state index is 0. The first-order valence-electron chi connectivity index (χ1n) is 11.2.